The van der Waals surface area contributed by atoms with E-state index in [0.29, 0.717) is 22.7 Å². The Kier molecular flexibility index (Phi) is 6.03. The zero-order chi connectivity index (χ0) is 20.1. The van der Waals surface area contributed by atoms with Gasteiger partial charge in [0.25, 0.3) is 5.91 Å². The lowest BCUT2D eigenvalue weighted by molar-refractivity contribution is 0.0696. The molecule has 3 rings (SSSR count). The summed E-state index contributed by atoms with van der Waals surface area (Å²) >= 11 is 0. The number of rotatable bonds is 7. The van der Waals surface area contributed by atoms with Crippen molar-refractivity contribution < 1.29 is 28.9 Å². The maximum absolute atomic E-state index is 12.7. The van der Waals surface area contributed by atoms with Crippen molar-refractivity contribution in [1.82, 2.24) is 0 Å². The fourth-order valence-corrected chi connectivity index (χ4v) is 3.22. The molecule has 0 saturated heterocycles. The maximum Gasteiger partial charge on any atom is 0.335 e. The molecule has 0 unspecified atom stereocenters. The minimum Gasteiger partial charge on any atom is -0.495 e. The molecule has 2 N–H and O–H groups in total. The minimum absolute atomic E-state index is 0.0755. The number of nitrogens with one attached hydrogen (secondary N) is 1. The fraction of sp³-hybridized carbons (Fsp3) is 0.333. The average Bonchev–Trinajstić information content (AvgIpc) is 3.21. The number of carbonyl (C=O) groups excluding carboxylic acids is 1. The van der Waals surface area contributed by atoms with Gasteiger partial charge in [0.15, 0.2) is 11.5 Å². The SMILES string of the molecule is COc1cc(C(=O)O)ccc1NC(=O)c1ccc(OC)c(OC2CCCC2)c1. The lowest BCUT2D eigenvalue weighted by Crippen LogP contribution is -2.15. The minimum atomic E-state index is -1.07. The van der Waals surface area contributed by atoms with E-state index in [2.05, 4.69) is 5.32 Å². The summed E-state index contributed by atoms with van der Waals surface area (Å²) < 4.78 is 16.6. The number of hydrogen-bond acceptors (Lipinski definition) is 5. The molecule has 1 saturated carbocycles. The fourth-order valence-electron chi connectivity index (χ4n) is 3.22. The van der Waals surface area contributed by atoms with Gasteiger partial charge in [-0.05, 0) is 62.1 Å². The molecule has 0 radical (unpaired) electrons. The molecule has 2 aromatic carbocycles. The van der Waals surface area contributed by atoms with Gasteiger partial charge in [-0.15, -0.1) is 0 Å². The number of carboxylic acid groups (broad SMARTS) is 1. The highest BCUT2D eigenvalue weighted by Gasteiger charge is 2.20. The van der Waals surface area contributed by atoms with Crippen LogP contribution in [0.3, 0.4) is 0 Å². The Bertz CT molecular complexity index is 873. The first kappa shape index (κ1) is 19.5. The topological polar surface area (TPSA) is 94.1 Å². The van der Waals surface area contributed by atoms with Gasteiger partial charge in [-0.3, -0.25) is 4.79 Å². The van der Waals surface area contributed by atoms with Crippen LogP contribution < -0.4 is 19.5 Å². The number of hydrogen-bond donors (Lipinski definition) is 2. The van der Waals surface area contributed by atoms with E-state index >= 15 is 0 Å². The molecule has 1 aliphatic rings. The molecule has 0 aromatic heterocycles. The molecule has 0 spiro atoms. The molecule has 1 fully saturated rings. The number of carbonyl (C=O) groups is 2. The summed E-state index contributed by atoms with van der Waals surface area (Å²) in [5.74, 6) is -0.0494. The van der Waals surface area contributed by atoms with E-state index in [-0.39, 0.29) is 23.3 Å². The first-order chi connectivity index (χ1) is 13.5. The van der Waals surface area contributed by atoms with Crippen LogP contribution in [0.2, 0.25) is 0 Å². The van der Waals surface area contributed by atoms with E-state index in [1.54, 1.807) is 25.3 Å². The van der Waals surface area contributed by atoms with E-state index in [0.717, 1.165) is 25.7 Å². The summed E-state index contributed by atoms with van der Waals surface area (Å²) in [6, 6.07) is 9.27. The second-order valence-corrected chi connectivity index (χ2v) is 6.56. The molecule has 0 aliphatic heterocycles. The molecule has 1 aliphatic carbocycles. The van der Waals surface area contributed by atoms with Crippen LogP contribution in [-0.2, 0) is 0 Å². The number of benzene rings is 2. The van der Waals surface area contributed by atoms with E-state index in [9.17, 15) is 9.59 Å². The predicted molar refractivity (Wildman–Crippen MR) is 104 cm³/mol. The zero-order valence-electron chi connectivity index (χ0n) is 15.9. The van der Waals surface area contributed by atoms with Crippen molar-refractivity contribution in [2.24, 2.45) is 0 Å². The Morgan fingerprint density at radius 1 is 0.929 bits per heavy atom. The number of ether oxygens (including phenoxy) is 3. The van der Waals surface area contributed by atoms with Gasteiger partial charge in [0.2, 0.25) is 0 Å². The van der Waals surface area contributed by atoms with Crippen molar-refractivity contribution in [2.45, 2.75) is 31.8 Å². The molecule has 7 nitrogen and oxygen atoms in total. The molecule has 7 heteroatoms. The van der Waals surface area contributed by atoms with Gasteiger partial charge in [0, 0.05) is 5.56 Å². The lowest BCUT2D eigenvalue weighted by Gasteiger charge is -2.17. The lowest BCUT2D eigenvalue weighted by atomic mass is 10.1. The summed E-state index contributed by atoms with van der Waals surface area (Å²) in [6.07, 6.45) is 4.40. The van der Waals surface area contributed by atoms with Gasteiger partial charge >= 0.3 is 5.97 Å². The van der Waals surface area contributed by atoms with Gasteiger partial charge in [-0.1, -0.05) is 0 Å². The van der Waals surface area contributed by atoms with Gasteiger partial charge in [-0.2, -0.15) is 0 Å². The van der Waals surface area contributed by atoms with Crippen molar-refractivity contribution in [2.75, 3.05) is 19.5 Å². The molecule has 1 amide bonds. The van der Waals surface area contributed by atoms with Crippen molar-refractivity contribution >= 4 is 17.6 Å². The standard InChI is InChI=1S/C21H23NO6/c1-26-17-10-8-13(11-19(17)28-15-5-3-4-6-15)20(23)22-16-9-7-14(21(24)25)12-18(16)27-2/h7-12,15H,3-6H2,1-2H3,(H,22,23)(H,24,25). The van der Waals surface area contributed by atoms with E-state index in [1.165, 1.54) is 25.3 Å². The highest BCUT2D eigenvalue weighted by Crippen LogP contribution is 2.33. The van der Waals surface area contributed by atoms with Crippen LogP contribution in [0.4, 0.5) is 5.69 Å². The van der Waals surface area contributed by atoms with Gasteiger partial charge in [0.05, 0.1) is 31.6 Å². The first-order valence-electron chi connectivity index (χ1n) is 9.09. The van der Waals surface area contributed by atoms with Crippen LogP contribution in [0.5, 0.6) is 17.2 Å². The Hall–Kier alpha value is -3.22. The zero-order valence-corrected chi connectivity index (χ0v) is 15.9. The smallest absolute Gasteiger partial charge is 0.335 e. The molecule has 0 atom stereocenters. The number of amides is 1. The van der Waals surface area contributed by atoms with Crippen LogP contribution in [0.1, 0.15) is 46.4 Å². The highest BCUT2D eigenvalue weighted by molar-refractivity contribution is 6.05. The monoisotopic (exact) mass is 385 g/mol. The molecule has 0 heterocycles. The average molecular weight is 385 g/mol. The summed E-state index contributed by atoms with van der Waals surface area (Å²) in [6.45, 7) is 0. The number of anilines is 1. The quantitative estimate of drug-likeness (QED) is 0.749. The number of methoxy groups -OCH3 is 2. The molecule has 0 bridgehead atoms. The largest absolute Gasteiger partial charge is 0.495 e. The summed E-state index contributed by atoms with van der Waals surface area (Å²) in [5.41, 5.74) is 0.858. The van der Waals surface area contributed by atoms with Gasteiger partial charge in [-0.25, -0.2) is 4.79 Å². The molecular formula is C21H23NO6. The Labute approximate surface area is 163 Å². The van der Waals surface area contributed by atoms with Crippen LogP contribution in [0, 0.1) is 0 Å². The van der Waals surface area contributed by atoms with E-state index < -0.39 is 5.97 Å². The first-order valence-corrected chi connectivity index (χ1v) is 9.09. The molecule has 28 heavy (non-hydrogen) atoms. The normalized spacial score (nSPS) is 13.8. The van der Waals surface area contributed by atoms with Crippen molar-refractivity contribution in [3.63, 3.8) is 0 Å². The second-order valence-electron chi connectivity index (χ2n) is 6.56. The number of carboxylic acids is 1. The highest BCUT2D eigenvalue weighted by atomic mass is 16.5. The molecule has 2 aromatic rings. The third-order valence-electron chi connectivity index (χ3n) is 4.72. The molecular weight excluding hydrogens is 362 g/mol. The summed E-state index contributed by atoms with van der Waals surface area (Å²) in [7, 11) is 2.98. The van der Waals surface area contributed by atoms with Crippen molar-refractivity contribution in [1.29, 1.82) is 0 Å². The van der Waals surface area contributed by atoms with Crippen LogP contribution in [0.15, 0.2) is 36.4 Å². The predicted octanol–water partition coefficient (Wildman–Crippen LogP) is 3.98. The van der Waals surface area contributed by atoms with Crippen molar-refractivity contribution in [3.05, 3.63) is 47.5 Å². The van der Waals surface area contributed by atoms with Gasteiger partial charge < -0.3 is 24.6 Å². The Balaban J connectivity index is 1.81. The molecule has 148 valence electrons. The summed E-state index contributed by atoms with van der Waals surface area (Å²) in [5, 5.41) is 11.8. The third-order valence-corrected chi connectivity index (χ3v) is 4.72. The van der Waals surface area contributed by atoms with Crippen molar-refractivity contribution in [3.8, 4) is 17.2 Å². The summed E-state index contributed by atoms with van der Waals surface area (Å²) in [4.78, 5) is 23.8. The van der Waals surface area contributed by atoms with Crippen LogP contribution in [0.25, 0.3) is 0 Å². The van der Waals surface area contributed by atoms with Gasteiger partial charge in [0.1, 0.15) is 5.75 Å². The maximum atomic E-state index is 12.7. The van der Waals surface area contributed by atoms with E-state index in [1.807, 2.05) is 0 Å². The number of aromatic carboxylic acids is 1. The Morgan fingerprint density at radius 2 is 1.57 bits per heavy atom. The second kappa shape index (κ2) is 8.65. The van der Waals surface area contributed by atoms with Crippen LogP contribution in [-0.4, -0.2) is 37.3 Å². The van der Waals surface area contributed by atoms with Crippen LogP contribution >= 0.6 is 0 Å². The third kappa shape index (κ3) is 4.36. The Morgan fingerprint density at radius 3 is 2.21 bits per heavy atom. The van der Waals surface area contributed by atoms with E-state index in [4.69, 9.17) is 19.3 Å².